The number of carbonyl (C=O) groups excluding carboxylic acids is 1. The molecule has 1 aliphatic rings. The van der Waals surface area contributed by atoms with Crippen molar-refractivity contribution in [1.82, 2.24) is 4.90 Å². The summed E-state index contributed by atoms with van der Waals surface area (Å²) in [6.07, 6.45) is 1.78. The van der Waals surface area contributed by atoms with E-state index in [1.807, 2.05) is 20.8 Å². The zero-order valence-corrected chi connectivity index (χ0v) is 14.9. The van der Waals surface area contributed by atoms with Crippen LogP contribution in [0, 0.1) is 11.7 Å². The lowest BCUT2D eigenvalue weighted by atomic mass is 10.0. The van der Waals surface area contributed by atoms with Crippen LogP contribution in [0.2, 0.25) is 0 Å². The third-order valence-corrected chi connectivity index (χ3v) is 5.10. The van der Waals surface area contributed by atoms with E-state index in [1.165, 1.54) is 6.07 Å². The van der Waals surface area contributed by atoms with E-state index in [1.54, 1.807) is 23.1 Å². The van der Waals surface area contributed by atoms with E-state index in [9.17, 15) is 17.6 Å². The molecular weight excluding hydrogens is 317 g/mol. The molecule has 1 aliphatic carbocycles. The first kappa shape index (κ1) is 17.9. The second kappa shape index (κ2) is 6.23. The highest BCUT2D eigenvalue weighted by Crippen LogP contribution is 2.49. The number of nitrogens with zero attached hydrogens (tertiary/aromatic N) is 1. The van der Waals surface area contributed by atoms with E-state index in [2.05, 4.69) is 0 Å². The van der Waals surface area contributed by atoms with Crippen molar-refractivity contribution in [2.75, 3.05) is 18.6 Å². The van der Waals surface area contributed by atoms with Crippen molar-refractivity contribution in [1.29, 1.82) is 0 Å². The molecule has 0 aliphatic heterocycles. The molecule has 0 saturated heterocycles. The number of carbonyl (C=O) groups is 1. The van der Waals surface area contributed by atoms with Crippen LogP contribution in [0.25, 0.3) is 0 Å². The van der Waals surface area contributed by atoms with Gasteiger partial charge in [-0.3, -0.25) is 4.79 Å². The summed E-state index contributed by atoms with van der Waals surface area (Å²) in [6.45, 7) is 5.82. The van der Waals surface area contributed by atoms with Crippen LogP contribution >= 0.6 is 0 Å². The molecule has 2 rings (SSSR count). The van der Waals surface area contributed by atoms with E-state index in [4.69, 9.17) is 0 Å². The van der Waals surface area contributed by atoms with Crippen LogP contribution in [-0.4, -0.2) is 43.3 Å². The van der Waals surface area contributed by atoms with Gasteiger partial charge in [-0.05, 0) is 44.7 Å². The van der Waals surface area contributed by atoms with Crippen molar-refractivity contribution >= 4 is 15.7 Å². The number of hydrogen-bond acceptors (Lipinski definition) is 3. The van der Waals surface area contributed by atoms with Crippen LogP contribution in [0.4, 0.5) is 4.39 Å². The quantitative estimate of drug-likeness (QED) is 0.827. The van der Waals surface area contributed by atoms with E-state index < -0.39 is 15.4 Å². The molecule has 0 aromatic heterocycles. The molecule has 1 fully saturated rings. The normalized spacial score (nSPS) is 21.1. The number of halogens is 1. The van der Waals surface area contributed by atoms with E-state index in [-0.39, 0.29) is 35.9 Å². The Morgan fingerprint density at radius 3 is 2.43 bits per heavy atom. The largest absolute Gasteiger partial charge is 0.337 e. The maximum absolute atomic E-state index is 13.9. The molecule has 4 nitrogen and oxygen atoms in total. The van der Waals surface area contributed by atoms with Gasteiger partial charge in [0, 0.05) is 24.3 Å². The molecule has 0 N–H and O–H groups in total. The molecule has 128 valence electrons. The molecule has 2 atom stereocenters. The Morgan fingerprint density at radius 1 is 1.30 bits per heavy atom. The van der Waals surface area contributed by atoms with Crippen LogP contribution in [0.15, 0.2) is 24.3 Å². The van der Waals surface area contributed by atoms with Crippen LogP contribution in [0.3, 0.4) is 0 Å². The maximum atomic E-state index is 13.9. The first-order chi connectivity index (χ1) is 10.5. The standard InChI is InChI=1S/C17H24FNO3S/c1-17(2,3)19(9-10-23(4,21)22)16(20)14-11-13(14)12-7-5-6-8-15(12)18/h5-8,13-14H,9-11H2,1-4H3/t13-,14+/m1/s1. The molecule has 0 bridgehead atoms. The Labute approximate surface area is 137 Å². The zero-order valence-electron chi connectivity index (χ0n) is 14.0. The van der Waals surface area contributed by atoms with Crippen molar-refractivity contribution in [3.63, 3.8) is 0 Å². The molecule has 0 heterocycles. The smallest absolute Gasteiger partial charge is 0.226 e. The Morgan fingerprint density at radius 2 is 1.91 bits per heavy atom. The minimum atomic E-state index is -3.14. The fourth-order valence-electron chi connectivity index (χ4n) is 2.82. The molecule has 1 aromatic carbocycles. The van der Waals surface area contributed by atoms with E-state index >= 15 is 0 Å². The average molecular weight is 341 g/mol. The Hall–Kier alpha value is -1.43. The number of sulfone groups is 1. The van der Waals surface area contributed by atoms with E-state index in [0.717, 1.165) is 6.26 Å². The molecule has 1 aromatic rings. The van der Waals surface area contributed by atoms with Crippen molar-refractivity contribution in [3.05, 3.63) is 35.6 Å². The van der Waals surface area contributed by atoms with Crippen LogP contribution < -0.4 is 0 Å². The third-order valence-electron chi connectivity index (χ3n) is 4.17. The Balaban J connectivity index is 2.12. The second-order valence-corrected chi connectivity index (χ2v) is 9.52. The van der Waals surface area contributed by atoms with Gasteiger partial charge >= 0.3 is 0 Å². The minimum Gasteiger partial charge on any atom is -0.337 e. The fraction of sp³-hybridized carbons (Fsp3) is 0.588. The maximum Gasteiger partial charge on any atom is 0.226 e. The SMILES string of the molecule is CC(C)(C)N(CCS(C)(=O)=O)C(=O)[C@H]1C[C@@H]1c1ccccc1F. The first-order valence-electron chi connectivity index (χ1n) is 7.74. The Kier molecular flexibility index (Phi) is 4.85. The molecular formula is C17H24FNO3S. The number of amides is 1. The summed E-state index contributed by atoms with van der Waals surface area (Å²) in [5, 5.41) is 0. The van der Waals surface area contributed by atoms with Crippen molar-refractivity contribution < 1.29 is 17.6 Å². The summed E-state index contributed by atoms with van der Waals surface area (Å²) in [4.78, 5) is 14.4. The molecule has 1 amide bonds. The molecule has 6 heteroatoms. The van der Waals surface area contributed by atoms with Gasteiger partial charge < -0.3 is 4.90 Å². The Bertz CT molecular complexity index is 694. The van der Waals surface area contributed by atoms with Crippen molar-refractivity contribution in [3.8, 4) is 0 Å². The first-order valence-corrected chi connectivity index (χ1v) is 9.80. The number of benzene rings is 1. The lowest BCUT2D eigenvalue weighted by Gasteiger charge is -2.36. The van der Waals surface area contributed by atoms with Gasteiger partial charge in [-0.2, -0.15) is 0 Å². The van der Waals surface area contributed by atoms with E-state index in [0.29, 0.717) is 12.0 Å². The predicted octanol–water partition coefficient (Wildman–Crippen LogP) is 2.60. The zero-order chi connectivity index (χ0) is 17.4. The van der Waals surface area contributed by atoms with Gasteiger partial charge in [-0.15, -0.1) is 0 Å². The van der Waals surface area contributed by atoms with Crippen LogP contribution in [0.5, 0.6) is 0 Å². The molecule has 23 heavy (non-hydrogen) atoms. The highest BCUT2D eigenvalue weighted by molar-refractivity contribution is 7.90. The van der Waals surface area contributed by atoms with Crippen LogP contribution in [-0.2, 0) is 14.6 Å². The van der Waals surface area contributed by atoms with Gasteiger partial charge in [-0.1, -0.05) is 18.2 Å². The summed E-state index contributed by atoms with van der Waals surface area (Å²) in [6, 6.07) is 6.51. The highest BCUT2D eigenvalue weighted by atomic mass is 32.2. The van der Waals surface area contributed by atoms with Gasteiger partial charge in [0.1, 0.15) is 15.7 Å². The molecule has 0 radical (unpaired) electrons. The van der Waals surface area contributed by atoms with Gasteiger partial charge in [0.2, 0.25) is 5.91 Å². The van der Waals surface area contributed by atoms with Crippen molar-refractivity contribution in [2.45, 2.75) is 38.6 Å². The monoisotopic (exact) mass is 341 g/mol. The summed E-state index contributed by atoms with van der Waals surface area (Å²) in [5.41, 5.74) is 0.104. The van der Waals surface area contributed by atoms with Crippen molar-refractivity contribution in [2.24, 2.45) is 5.92 Å². The molecule has 0 spiro atoms. The van der Waals surface area contributed by atoms with Gasteiger partial charge in [0.15, 0.2) is 0 Å². The lowest BCUT2D eigenvalue weighted by Crippen LogP contribution is -2.48. The van der Waals surface area contributed by atoms with Crippen LogP contribution in [0.1, 0.15) is 38.7 Å². The highest BCUT2D eigenvalue weighted by Gasteiger charge is 2.48. The fourth-order valence-corrected chi connectivity index (χ4v) is 3.34. The average Bonchev–Trinajstić information content (AvgIpc) is 3.16. The minimum absolute atomic E-state index is 0.0624. The van der Waals surface area contributed by atoms with Gasteiger partial charge in [0.05, 0.1) is 5.75 Å². The summed E-state index contributed by atoms with van der Waals surface area (Å²) >= 11 is 0. The predicted molar refractivity (Wildman–Crippen MR) is 88.4 cm³/mol. The van der Waals surface area contributed by atoms with Gasteiger partial charge in [0.25, 0.3) is 0 Å². The summed E-state index contributed by atoms with van der Waals surface area (Å²) in [7, 11) is -3.14. The molecule has 0 unspecified atom stereocenters. The third kappa shape index (κ3) is 4.53. The summed E-state index contributed by atoms with van der Waals surface area (Å²) in [5.74, 6) is -0.800. The molecule has 1 saturated carbocycles. The lowest BCUT2D eigenvalue weighted by molar-refractivity contribution is -0.137. The number of rotatable bonds is 5. The number of hydrogen-bond donors (Lipinski definition) is 0. The second-order valence-electron chi connectivity index (χ2n) is 7.26. The van der Waals surface area contributed by atoms with Gasteiger partial charge in [-0.25, -0.2) is 12.8 Å². The summed E-state index contributed by atoms with van der Waals surface area (Å²) < 4.78 is 36.7. The topological polar surface area (TPSA) is 54.5 Å².